The molecule has 1 aliphatic heterocycles. The summed E-state index contributed by atoms with van der Waals surface area (Å²) in [5.41, 5.74) is 3.67. The molecule has 3 atom stereocenters. The van der Waals surface area contributed by atoms with E-state index in [2.05, 4.69) is 75.9 Å². The third-order valence-corrected chi connectivity index (χ3v) is 7.99. The maximum Gasteiger partial charge on any atom is 0.247 e. The quantitative estimate of drug-likeness (QED) is 0.433. The summed E-state index contributed by atoms with van der Waals surface area (Å²) < 4.78 is 6.08. The van der Waals surface area contributed by atoms with Crippen molar-refractivity contribution in [3.8, 4) is 11.5 Å². The highest BCUT2D eigenvalue weighted by molar-refractivity contribution is 5.52. The molecule has 2 aliphatic rings. The van der Waals surface area contributed by atoms with Gasteiger partial charge < -0.3 is 9.32 Å². The van der Waals surface area contributed by atoms with Gasteiger partial charge in [-0.2, -0.15) is 0 Å². The standard InChI is InChI=1S/C29H38N6O/c1-20(2)26-16-24(17-28-32-33-29(36-28)23-7-5-21(3)6-8-23)22(4)15-25(26)19-34-11-13-35(14-12-34)27-18-30-9-10-31-27/h5-10,15,18,20,24-26H,11-14,16-17,19H2,1-4H3/t24-,25+,26+/m1/s1. The summed E-state index contributed by atoms with van der Waals surface area (Å²) in [5.74, 6) is 4.65. The molecule has 0 bridgehead atoms. The first-order valence-electron chi connectivity index (χ1n) is 13.3. The number of aryl methyl sites for hydroxylation is 1. The average Bonchev–Trinajstić information content (AvgIpc) is 3.35. The highest BCUT2D eigenvalue weighted by atomic mass is 16.4. The molecule has 0 N–H and O–H groups in total. The second-order valence-corrected chi connectivity index (χ2v) is 10.8. The predicted octanol–water partition coefficient (Wildman–Crippen LogP) is 5.05. The number of hydrogen-bond acceptors (Lipinski definition) is 7. The van der Waals surface area contributed by atoms with Crippen molar-refractivity contribution in [3.63, 3.8) is 0 Å². The largest absolute Gasteiger partial charge is 0.421 e. The molecule has 5 rings (SSSR count). The molecular weight excluding hydrogens is 448 g/mol. The number of rotatable bonds is 7. The summed E-state index contributed by atoms with van der Waals surface area (Å²) >= 11 is 0. The Hall–Kier alpha value is -3.06. The van der Waals surface area contributed by atoms with Gasteiger partial charge in [0, 0.05) is 57.1 Å². The lowest BCUT2D eigenvalue weighted by Crippen LogP contribution is -2.49. The Morgan fingerprint density at radius 1 is 1.00 bits per heavy atom. The highest BCUT2D eigenvalue weighted by Gasteiger charge is 2.34. The van der Waals surface area contributed by atoms with E-state index in [1.54, 1.807) is 12.4 Å². The van der Waals surface area contributed by atoms with Gasteiger partial charge in [-0.25, -0.2) is 4.98 Å². The number of allylic oxidation sites excluding steroid dienone is 1. The zero-order valence-corrected chi connectivity index (χ0v) is 22.0. The molecule has 36 heavy (non-hydrogen) atoms. The number of aromatic nitrogens is 4. The Labute approximate surface area is 214 Å². The first-order chi connectivity index (χ1) is 17.5. The summed E-state index contributed by atoms with van der Waals surface area (Å²) in [6, 6.07) is 8.25. The van der Waals surface area contributed by atoms with Crippen molar-refractivity contribution in [2.45, 2.75) is 40.5 Å². The Morgan fingerprint density at radius 3 is 2.47 bits per heavy atom. The summed E-state index contributed by atoms with van der Waals surface area (Å²) in [6.45, 7) is 14.4. The van der Waals surface area contributed by atoms with E-state index >= 15 is 0 Å². The smallest absolute Gasteiger partial charge is 0.247 e. The van der Waals surface area contributed by atoms with Crippen molar-refractivity contribution >= 4 is 5.82 Å². The SMILES string of the molecule is CC1=C[C@@H](CN2CCN(c3cnccn3)CC2)[C@H](C(C)C)C[C@@H]1Cc1nnc(-c2ccc(C)cc2)o1. The molecule has 190 valence electrons. The van der Waals surface area contributed by atoms with E-state index in [9.17, 15) is 0 Å². The minimum atomic E-state index is 0.452. The third kappa shape index (κ3) is 5.67. The molecule has 7 heteroatoms. The highest BCUT2D eigenvalue weighted by Crippen LogP contribution is 2.39. The number of nitrogens with zero attached hydrogens (tertiary/aromatic N) is 6. The molecule has 1 fully saturated rings. The van der Waals surface area contributed by atoms with Crippen molar-refractivity contribution in [3.05, 3.63) is 66.0 Å². The molecule has 0 spiro atoms. The zero-order chi connectivity index (χ0) is 25.1. The molecule has 1 aromatic carbocycles. The van der Waals surface area contributed by atoms with E-state index in [4.69, 9.17) is 4.42 Å². The number of anilines is 1. The van der Waals surface area contributed by atoms with Gasteiger partial charge in [0.15, 0.2) is 0 Å². The molecule has 0 amide bonds. The summed E-state index contributed by atoms with van der Waals surface area (Å²) in [5, 5.41) is 8.72. The maximum absolute atomic E-state index is 6.08. The molecule has 1 aliphatic carbocycles. The molecule has 3 heterocycles. The number of piperazine rings is 1. The average molecular weight is 487 g/mol. The van der Waals surface area contributed by atoms with Crippen LogP contribution in [0.25, 0.3) is 11.5 Å². The zero-order valence-electron chi connectivity index (χ0n) is 22.0. The fourth-order valence-corrected chi connectivity index (χ4v) is 5.76. The monoisotopic (exact) mass is 486 g/mol. The van der Waals surface area contributed by atoms with Crippen LogP contribution in [0.1, 0.15) is 38.6 Å². The summed E-state index contributed by atoms with van der Waals surface area (Å²) in [4.78, 5) is 13.7. The van der Waals surface area contributed by atoms with Crippen molar-refractivity contribution < 1.29 is 4.42 Å². The maximum atomic E-state index is 6.08. The van der Waals surface area contributed by atoms with Crippen molar-refractivity contribution in [1.29, 1.82) is 0 Å². The molecule has 0 radical (unpaired) electrons. The van der Waals surface area contributed by atoms with Crippen LogP contribution in [0.15, 0.2) is 58.9 Å². The third-order valence-electron chi connectivity index (χ3n) is 7.99. The van der Waals surface area contributed by atoms with E-state index in [-0.39, 0.29) is 0 Å². The van der Waals surface area contributed by atoms with Crippen LogP contribution in [-0.2, 0) is 6.42 Å². The van der Waals surface area contributed by atoms with Crippen molar-refractivity contribution in [2.75, 3.05) is 37.6 Å². The minimum Gasteiger partial charge on any atom is -0.421 e. The normalized spacial score (nSPS) is 23.2. The number of hydrogen-bond donors (Lipinski definition) is 0. The Balaban J connectivity index is 1.22. The van der Waals surface area contributed by atoms with E-state index in [0.717, 1.165) is 56.4 Å². The fraction of sp³-hybridized carbons (Fsp3) is 0.517. The minimum absolute atomic E-state index is 0.452. The molecule has 0 unspecified atom stereocenters. The van der Waals surface area contributed by atoms with E-state index in [1.165, 1.54) is 17.6 Å². The molecule has 2 aromatic heterocycles. The summed E-state index contributed by atoms with van der Waals surface area (Å²) in [7, 11) is 0. The predicted molar refractivity (Wildman–Crippen MR) is 143 cm³/mol. The van der Waals surface area contributed by atoms with Crippen molar-refractivity contribution in [1.82, 2.24) is 25.1 Å². The molecule has 0 saturated carbocycles. The second kappa shape index (κ2) is 10.9. The number of benzene rings is 1. The van der Waals surface area contributed by atoms with Gasteiger partial charge in [-0.3, -0.25) is 9.88 Å². The lowest BCUT2D eigenvalue weighted by molar-refractivity contribution is 0.155. The van der Waals surface area contributed by atoms with Gasteiger partial charge in [-0.05, 0) is 56.1 Å². The first kappa shape index (κ1) is 24.6. The topological polar surface area (TPSA) is 71.2 Å². The van der Waals surface area contributed by atoms with Gasteiger partial charge in [-0.15, -0.1) is 10.2 Å². The van der Waals surface area contributed by atoms with Crippen LogP contribution in [0.3, 0.4) is 0 Å². The molecule has 1 saturated heterocycles. The van der Waals surface area contributed by atoms with Gasteiger partial charge in [0.25, 0.3) is 0 Å². The fourth-order valence-electron chi connectivity index (χ4n) is 5.76. The second-order valence-electron chi connectivity index (χ2n) is 10.8. The summed E-state index contributed by atoms with van der Waals surface area (Å²) in [6.07, 6.45) is 9.91. The van der Waals surface area contributed by atoms with E-state index in [0.29, 0.717) is 29.6 Å². The van der Waals surface area contributed by atoms with E-state index < -0.39 is 0 Å². The van der Waals surface area contributed by atoms with Gasteiger partial charge >= 0.3 is 0 Å². The Bertz CT molecular complexity index is 1150. The lowest BCUT2D eigenvalue weighted by Gasteiger charge is -2.41. The van der Waals surface area contributed by atoms with Crippen LogP contribution in [0, 0.1) is 30.6 Å². The van der Waals surface area contributed by atoms with Crippen LogP contribution >= 0.6 is 0 Å². The lowest BCUT2D eigenvalue weighted by atomic mass is 9.69. The van der Waals surface area contributed by atoms with Crippen LogP contribution in [0.5, 0.6) is 0 Å². The Morgan fingerprint density at radius 2 is 1.78 bits per heavy atom. The Kier molecular flexibility index (Phi) is 7.46. The van der Waals surface area contributed by atoms with Crippen LogP contribution < -0.4 is 4.90 Å². The van der Waals surface area contributed by atoms with Gasteiger partial charge in [0.2, 0.25) is 11.8 Å². The van der Waals surface area contributed by atoms with Crippen LogP contribution in [-0.4, -0.2) is 57.8 Å². The first-order valence-corrected chi connectivity index (χ1v) is 13.3. The van der Waals surface area contributed by atoms with Gasteiger partial charge in [0.05, 0.1) is 6.20 Å². The molecule has 3 aromatic rings. The van der Waals surface area contributed by atoms with Gasteiger partial charge in [-0.1, -0.05) is 43.2 Å². The van der Waals surface area contributed by atoms with Crippen LogP contribution in [0.4, 0.5) is 5.82 Å². The van der Waals surface area contributed by atoms with E-state index in [1.807, 2.05) is 18.3 Å². The van der Waals surface area contributed by atoms with Crippen LogP contribution in [0.2, 0.25) is 0 Å². The van der Waals surface area contributed by atoms with Gasteiger partial charge in [0.1, 0.15) is 5.82 Å². The molecule has 7 nitrogen and oxygen atoms in total. The molecular formula is C29H38N6O. The van der Waals surface area contributed by atoms with Crippen molar-refractivity contribution in [2.24, 2.45) is 23.7 Å².